The second-order valence-corrected chi connectivity index (χ2v) is 6.10. The maximum Gasteiger partial charge on any atom is 0.160 e. The van der Waals surface area contributed by atoms with Gasteiger partial charge in [0.15, 0.2) is 23.1 Å². The zero-order valence-electron chi connectivity index (χ0n) is 16.0. The Hall–Kier alpha value is -3.62. The lowest BCUT2D eigenvalue weighted by molar-refractivity contribution is 0.354. The number of hydrogen-bond donors (Lipinski definition) is 3. The van der Waals surface area contributed by atoms with E-state index < -0.39 is 11.6 Å². The lowest BCUT2D eigenvalue weighted by atomic mass is 10.1. The van der Waals surface area contributed by atoms with Crippen LogP contribution in [-0.2, 0) is 6.42 Å². The molecule has 0 aliphatic rings. The SMILES string of the molecule is COc1ccc(CCNc2ncnc(Nc3cc(F)ccc3F)c2N)cc1OC. The molecule has 0 aliphatic heterocycles. The number of aromatic nitrogens is 2. The molecule has 0 saturated heterocycles. The number of benzene rings is 2. The molecule has 1 heterocycles. The van der Waals surface area contributed by atoms with Crippen molar-refractivity contribution >= 4 is 23.0 Å². The minimum Gasteiger partial charge on any atom is -0.493 e. The van der Waals surface area contributed by atoms with Crippen LogP contribution in [0.2, 0.25) is 0 Å². The van der Waals surface area contributed by atoms with Gasteiger partial charge >= 0.3 is 0 Å². The molecular formula is C20H21F2N5O2. The van der Waals surface area contributed by atoms with Crippen molar-refractivity contribution in [2.45, 2.75) is 6.42 Å². The van der Waals surface area contributed by atoms with Crippen LogP contribution in [0.15, 0.2) is 42.7 Å². The lowest BCUT2D eigenvalue weighted by Crippen LogP contribution is -2.11. The molecule has 0 atom stereocenters. The number of nitrogens with two attached hydrogens (primary N) is 1. The van der Waals surface area contributed by atoms with Crippen LogP contribution in [0, 0.1) is 11.6 Å². The molecule has 9 heteroatoms. The third kappa shape index (κ3) is 4.81. The minimum absolute atomic E-state index is 0.0633. The third-order valence-electron chi connectivity index (χ3n) is 4.22. The molecular weight excluding hydrogens is 380 g/mol. The van der Waals surface area contributed by atoms with Gasteiger partial charge in [-0.25, -0.2) is 18.7 Å². The van der Waals surface area contributed by atoms with E-state index in [1.54, 1.807) is 14.2 Å². The molecule has 0 saturated carbocycles. The van der Waals surface area contributed by atoms with Gasteiger partial charge in [0.05, 0.1) is 19.9 Å². The van der Waals surface area contributed by atoms with Crippen molar-refractivity contribution in [3.05, 3.63) is 59.9 Å². The van der Waals surface area contributed by atoms with Crippen LogP contribution in [0.4, 0.5) is 31.8 Å². The summed E-state index contributed by atoms with van der Waals surface area (Å²) >= 11 is 0. The van der Waals surface area contributed by atoms with Crippen LogP contribution < -0.4 is 25.8 Å². The Morgan fingerprint density at radius 1 is 0.966 bits per heavy atom. The van der Waals surface area contributed by atoms with Gasteiger partial charge in [-0.3, -0.25) is 0 Å². The number of ether oxygens (including phenoxy) is 2. The summed E-state index contributed by atoms with van der Waals surface area (Å²) in [6, 6.07) is 8.75. The Bertz CT molecular complexity index is 1000. The quantitative estimate of drug-likeness (QED) is 0.529. The van der Waals surface area contributed by atoms with Crippen molar-refractivity contribution in [1.29, 1.82) is 0 Å². The molecule has 0 bridgehead atoms. The summed E-state index contributed by atoms with van der Waals surface area (Å²) in [5.41, 5.74) is 7.24. The molecule has 0 amide bonds. The third-order valence-corrected chi connectivity index (χ3v) is 4.22. The van der Waals surface area contributed by atoms with Gasteiger partial charge in [0.25, 0.3) is 0 Å². The normalized spacial score (nSPS) is 10.5. The fraction of sp³-hybridized carbons (Fsp3) is 0.200. The molecule has 4 N–H and O–H groups in total. The van der Waals surface area contributed by atoms with Crippen LogP contribution in [0.1, 0.15) is 5.56 Å². The second kappa shape index (κ2) is 9.05. The molecule has 0 aliphatic carbocycles. The average molecular weight is 401 g/mol. The summed E-state index contributed by atoms with van der Waals surface area (Å²) in [6.07, 6.45) is 1.96. The van der Waals surface area contributed by atoms with E-state index in [1.165, 1.54) is 6.33 Å². The van der Waals surface area contributed by atoms with Crippen LogP contribution in [-0.4, -0.2) is 30.7 Å². The Morgan fingerprint density at radius 3 is 2.48 bits per heavy atom. The summed E-state index contributed by atoms with van der Waals surface area (Å²) in [4.78, 5) is 8.12. The molecule has 0 unspecified atom stereocenters. The lowest BCUT2D eigenvalue weighted by Gasteiger charge is -2.13. The van der Waals surface area contributed by atoms with E-state index in [0.29, 0.717) is 30.3 Å². The van der Waals surface area contributed by atoms with Gasteiger partial charge in [0.2, 0.25) is 0 Å². The average Bonchev–Trinajstić information content (AvgIpc) is 2.73. The van der Waals surface area contributed by atoms with E-state index >= 15 is 0 Å². The summed E-state index contributed by atoms with van der Waals surface area (Å²) in [6.45, 7) is 0.532. The zero-order valence-corrected chi connectivity index (χ0v) is 16.0. The van der Waals surface area contributed by atoms with Gasteiger partial charge in [-0.15, -0.1) is 0 Å². The van der Waals surface area contributed by atoms with Crippen molar-refractivity contribution in [2.75, 3.05) is 37.1 Å². The van der Waals surface area contributed by atoms with Crippen molar-refractivity contribution < 1.29 is 18.3 Å². The molecule has 1 aromatic heterocycles. The van der Waals surface area contributed by atoms with E-state index in [0.717, 1.165) is 23.8 Å². The largest absolute Gasteiger partial charge is 0.493 e. The van der Waals surface area contributed by atoms with Gasteiger partial charge in [-0.05, 0) is 36.2 Å². The standard InChI is InChI=1S/C20H21F2N5O2/c1-28-16-6-3-12(9-17(16)29-2)7-8-24-19-18(23)20(26-11-25-19)27-15-10-13(21)4-5-14(15)22/h3-6,9-11H,7-8,23H2,1-2H3,(H2,24,25,26,27). The highest BCUT2D eigenvalue weighted by Crippen LogP contribution is 2.29. The Morgan fingerprint density at radius 2 is 1.72 bits per heavy atom. The van der Waals surface area contributed by atoms with Crippen molar-refractivity contribution in [1.82, 2.24) is 9.97 Å². The molecule has 29 heavy (non-hydrogen) atoms. The fourth-order valence-corrected chi connectivity index (χ4v) is 2.72. The maximum atomic E-state index is 13.8. The number of rotatable bonds is 8. The molecule has 3 aromatic rings. The summed E-state index contributed by atoms with van der Waals surface area (Å²) < 4.78 is 37.7. The van der Waals surface area contributed by atoms with Gasteiger partial charge in [-0.1, -0.05) is 6.07 Å². The molecule has 7 nitrogen and oxygen atoms in total. The summed E-state index contributed by atoms with van der Waals surface area (Å²) in [7, 11) is 3.16. The topological polar surface area (TPSA) is 94.3 Å². The van der Waals surface area contributed by atoms with Crippen LogP contribution in [0.25, 0.3) is 0 Å². The molecule has 0 radical (unpaired) electrons. The Kier molecular flexibility index (Phi) is 6.28. The smallest absolute Gasteiger partial charge is 0.160 e. The highest BCUT2D eigenvalue weighted by Gasteiger charge is 2.11. The number of nitrogens with zero attached hydrogens (tertiary/aromatic N) is 2. The highest BCUT2D eigenvalue weighted by atomic mass is 19.1. The first-order valence-corrected chi connectivity index (χ1v) is 8.79. The monoisotopic (exact) mass is 401 g/mol. The van der Waals surface area contributed by atoms with Gasteiger partial charge in [0.1, 0.15) is 23.6 Å². The van der Waals surface area contributed by atoms with Crippen LogP contribution in [0.3, 0.4) is 0 Å². The van der Waals surface area contributed by atoms with Gasteiger partial charge < -0.3 is 25.8 Å². The first-order valence-electron chi connectivity index (χ1n) is 8.79. The minimum atomic E-state index is -0.618. The number of methoxy groups -OCH3 is 2. The van der Waals surface area contributed by atoms with E-state index in [-0.39, 0.29) is 17.2 Å². The predicted molar refractivity (Wildman–Crippen MR) is 108 cm³/mol. The molecule has 3 rings (SSSR count). The number of nitrogen functional groups attached to an aromatic ring is 1. The Balaban J connectivity index is 1.68. The van der Waals surface area contributed by atoms with Crippen LogP contribution in [0.5, 0.6) is 11.5 Å². The molecule has 2 aromatic carbocycles. The van der Waals surface area contributed by atoms with Gasteiger partial charge in [-0.2, -0.15) is 0 Å². The number of hydrogen-bond acceptors (Lipinski definition) is 7. The second-order valence-electron chi connectivity index (χ2n) is 6.10. The van der Waals surface area contributed by atoms with Crippen LogP contribution >= 0.6 is 0 Å². The Labute approximate surface area is 166 Å². The maximum absolute atomic E-state index is 13.8. The first kappa shape index (κ1) is 20.1. The van der Waals surface area contributed by atoms with E-state index in [9.17, 15) is 8.78 Å². The molecule has 0 spiro atoms. The summed E-state index contributed by atoms with van der Waals surface area (Å²) in [5.74, 6) is 0.680. The van der Waals surface area contributed by atoms with Crippen molar-refractivity contribution in [3.63, 3.8) is 0 Å². The fourth-order valence-electron chi connectivity index (χ4n) is 2.72. The first-order chi connectivity index (χ1) is 14.0. The van der Waals surface area contributed by atoms with Crippen molar-refractivity contribution in [3.8, 4) is 11.5 Å². The number of anilines is 4. The molecule has 152 valence electrons. The molecule has 0 fully saturated rings. The van der Waals surface area contributed by atoms with E-state index in [2.05, 4.69) is 20.6 Å². The highest BCUT2D eigenvalue weighted by molar-refractivity contribution is 5.77. The van der Waals surface area contributed by atoms with E-state index in [4.69, 9.17) is 15.2 Å². The van der Waals surface area contributed by atoms with E-state index in [1.807, 2.05) is 18.2 Å². The van der Waals surface area contributed by atoms with Crippen molar-refractivity contribution in [2.24, 2.45) is 0 Å². The predicted octanol–water partition coefficient (Wildman–Crippen LogP) is 3.75. The number of halogens is 2. The number of nitrogens with one attached hydrogen (secondary N) is 2. The summed E-state index contributed by atoms with van der Waals surface area (Å²) in [5, 5.41) is 5.82. The van der Waals surface area contributed by atoms with Gasteiger partial charge in [0, 0.05) is 12.6 Å². The zero-order chi connectivity index (χ0) is 20.8.